The van der Waals surface area contributed by atoms with Gasteiger partial charge in [0.25, 0.3) is 0 Å². The van der Waals surface area contributed by atoms with Crippen molar-refractivity contribution in [3.8, 4) is 5.75 Å². The van der Waals surface area contributed by atoms with Gasteiger partial charge in [0.2, 0.25) is 0 Å². The van der Waals surface area contributed by atoms with Crippen LogP contribution >= 0.6 is 11.6 Å². The maximum absolute atomic E-state index is 9.21. The molecular weight excluding hydrogens is 252 g/mol. The van der Waals surface area contributed by atoms with Crippen LogP contribution in [-0.4, -0.2) is 24.9 Å². The Morgan fingerprint density at radius 2 is 2.00 bits per heavy atom. The van der Waals surface area contributed by atoms with Gasteiger partial charge in [0, 0.05) is 17.2 Å². The molecule has 0 bridgehead atoms. The first-order valence-electron chi connectivity index (χ1n) is 6.24. The van der Waals surface area contributed by atoms with Gasteiger partial charge in [-0.15, -0.1) is 0 Å². The van der Waals surface area contributed by atoms with Crippen LogP contribution in [0.2, 0.25) is 5.02 Å². The van der Waals surface area contributed by atoms with Gasteiger partial charge < -0.3 is 14.6 Å². The van der Waals surface area contributed by atoms with Gasteiger partial charge in [-0.05, 0) is 24.5 Å². The van der Waals surface area contributed by atoms with Gasteiger partial charge in [0.1, 0.15) is 12.4 Å². The molecule has 0 fully saturated rings. The molecule has 3 nitrogen and oxygen atoms in total. The fourth-order valence-corrected chi connectivity index (χ4v) is 1.68. The highest BCUT2D eigenvalue weighted by Crippen LogP contribution is 2.26. The summed E-state index contributed by atoms with van der Waals surface area (Å²) < 4.78 is 11.0. The number of aliphatic hydroxyl groups is 1. The summed E-state index contributed by atoms with van der Waals surface area (Å²) in [5.74, 6) is 1.28. The fraction of sp³-hybridized carbons (Fsp3) is 0.571. The smallest absolute Gasteiger partial charge is 0.126 e. The third-order valence-electron chi connectivity index (χ3n) is 2.56. The molecule has 0 spiro atoms. The molecule has 0 saturated carbocycles. The van der Waals surface area contributed by atoms with E-state index in [1.165, 1.54) is 0 Å². The topological polar surface area (TPSA) is 38.7 Å². The molecule has 102 valence electrons. The Morgan fingerprint density at radius 1 is 1.22 bits per heavy atom. The summed E-state index contributed by atoms with van der Waals surface area (Å²) in [4.78, 5) is 0. The first kappa shape index (κ1) is 15.3. The van der Waals surface area contributed by atoms with Gasteiger partial charge in [-0.3, -0.25) is 0 Å². The standard InChI is InChI=1S/C14H21ClO3/c1-11(2)6-7-17-8-9-18-14-5-3-4-13(15)12(14)10-16/h3-5,11,16H,6-10H2,1-2H3. The minimum Gasteiger partial charge on any atom is -0.491 e. The molecule has 0 radical (unpaired) electrons. The molecule has 0 aliphatic carbocycles. The third-order valence-corrected chi connectivity index (χ3v) is 2.91. The molecule has 0 saturated heterocycles. The largest absolute Gasteiger partial charge is 0.491 e. The lowest BCUT2D eigenvalue weighted by Gasteiger charge is -2.11. The fourth-order valence-electron chi connectivity index (χ4n) is 1.46. The maximum atomic E-state index is 9.21. The second kappa shape index (κ2) is 8.35. The summed E-state index contributed by atoms with van der Waals surface area (Å²) in [5.41, 5.74) is 0.626. The van der Waals surface area contributed by atoms with Gasteiger partial charge >= 0.3 is 0 Å². The molecular formula is C14H21ClO3. The molecule has 1 N–H and O–H groups in total. The van der Waals surface area contributed by atoms with Crippen molar-refractivity contribution in [2.45, 2.75) is 26.9 Å². The van der Waals surface area contributed by atoms with E-state index < -0.39 is 0 Å². The van der Waals surface area contributed by atoms with E-state index >= 15 is 0 Å². The van der Waals surface area contributed by atoms with Crippen LogP contribution < -0.4 is 4.74 Å². The van der Waals surface area contributed by atoms with Crippen molar-refractivity contribution in [2.75, 3.05) is 19.8 Å². The van der Waals surface area contributed by atoms with Crippen molar-refractivity contribution >= 4 is 11.6 Å². The summed E-state index contributed by atoms with van der Waals surface area (Å²) in [6.07, 6.45) is 1.05. The number of benzene rings is 1. The van der Waals surface area contributed by atoms with Gasteiger partial charge in [-0.25, -0.2) is 0 Å². The highest BCUT2D eigenvalue weighted by molar-refractivity contribution is 6.31. The van der Waals surface area contributed by atoms with E-state index in [4.69, 9.17) is 21.1 Å². The van der Waals surface area contributed by atoms with E-state index in [1.54, 1.807) is 18.2 Å². The van der Waals surface area contributed by atoms with Crippen LogP contribution in [0, 0.1) is 5.92 Å². The zero-order valence-electron chi connectivity index (χ0n) is 11.0. The Hall–Kier alpha value is -0.770. The minimum atomic E-state index is -0.122. The number of aliphatic hydroxyl groups excluding tert-OH is 1. The van der Waals surface area contributed by atoms with Crippen LogP contribution in [-0.2, 0) is 11.3 Å². The van der Waals surface area contributed by atoms with E-state index in [9.17, 15) is 5.11 Å². The second-order valence-electron chi connectivity index (χ2n) is 4.52. The summed E-state index contributed by atoms with van der Waals surface area (Å²) in [6.45, 7) is 5.97. The molecule has 0 aliphatic heterocycles. The molecule has 0 amide bonds. The van der Waals surface area contributed by atoms with Crippen molar-refractivity contribution in [1.82, 2.24) is 0 Å². The van der Waals surface area contributed by atoms with Crippen LogP contribution in [0.1, 0.15) is 25.8 Å². The third kappa shape index (κ3) is 5.25. The quantitative estimate of drug-likeness (QED) is 0.738. The lowest BCUT2D eigenvalue weighted by molar-refractivity contribution is 0.0917. The molecule has 0 aliphatic rings. The van der Waals surface area contributed by atoms with Crippen LogP contribution in [0.4, 0.5) is 0 Å². The SMILES string of the molecule is CC(C)CCOCCOc1cccc(Cl)c1CO. The molecule has 1 rings (SSSR count). The Labute approximate surface area is 114 Å². The monoisotopic (exact) mass is 272 g/mol. The van der Waals surface area contributed by atoms with Crippen molar-refractivity contribution in [1.29, 1.82) is 0 Å². The van der Waals surface area contributed by atoms with E-state index in [0.29, 0.717) is 35.5 Å². The number of hydrogen-bond donors (Lipinski definition) is 1. The zero-order chi connectivity index (χ0) is 13.4. The summed E-state index contributed by atoms with van der Waals surface area (Å²) >= 11 is 5.96. The zero-order valence-corrected chi connectivity index (χ0v) is 11.7. The minimum absolute atomic E-state index is 0.122. The van der Waals surface area contributed by atoms with E-state index in [2.05, 4.69) is 13.8 Å². The van der Waals surface area contributed by atoms with Crippen LogP contribution in [0.15, 0.2) is 18.2 Å². The van der Waals surface area contributed by atoms with Crippen molar-refractivity contribution < 1.29 is 14.6 Å². The number of halogens is 1. The summed E-state index contributed by atoms with van der Waals surface area (Å²) in [6, 6.07) is 5.33. The van der Waals surface area contributed by atoms with Crippen molar-refractivity contribution in [3.05, 3.63) is 28.8 Å². The van der Waals surface area contributed by atoms with Crippen molar-refractivity contribution in [2.24, 2.45) is 5.92 Å². The molecule has 18 heavy (non-hydrogen) atoms. The normalized spacial score (nSPS) is 10.9. The predicted molar refractivity (Wildman–Crippen MR) is 73.1 cm³/mol. The van der Waals surface area contributed by atoms with Crippen LogP contribution in [0.25, 0.3) is 0 Å². The summed E-state index contributed by atoms with van der Waals surface area (Å²) in [7, 11) is 0. The number of ether oxygens (including phenoxy) is 2. The van der Waals surface area contributed by atoms with Crippen LogP contribution in [0.5, 0.6) is 5.75 Å². The molecule has 0 heterocycles. The van der Waals surface area contributed by atoms with E-state index in [1.807, 2.05) is 0 Å². The number of rotatable bonds is 8. The lowest BCUT2D eigenvalue weighted by atomic mass is 10.1. The molecule has 0 atom stereocenters. The molecule has 1 aromatic rings. The highest BCUT2D eigenvalue weighted by Gasteiger charge is 2.06. The van der Waals surface area contributed by atoms with E-state index in [-0.39, 0.29) is 6.61 Å². The Morgan fingerprint density at radius 3 is 2.67 bits per heavy atom. The predicted octanol–water partition coefficient (Wildman–Crippen LogP) is 3.27. The summed E-state index contributed by atoms with van der Waals surface area (Å²) in [5, 5.41) is 9.73. The van der Waals surface area contributed by atoms with Crippen LogP contribution in [0.3, 0.4) is 0 Å². The van der Waals surface area contributed by atoms with Gasteiger partial charge in [0.05, 0.1) is 13.2 Å². The highest BCUT2D eigenvalue weighted by atomic mass is 35.5. The first-order chi connectivity index (χ1) is 8.65. The molecule has 0 aromatic heterocycles. The Bertz CT molecular complexity index is 353. The van der Waals surface area contributed by atoms with Gasteiger partial charge in [-0.1, -0.05) is 31.5 Å². The maximum Gasteiger partial charge on any atom is 0.126 e. The number of hydrogen-bond acceptors (Lipinski definition) is 3. The molecule has 0 unspecified atom stereocenters. The Balaban J connectivity index is 2.29. The first-order valence-corrected chi connectivity index (χ1v) is 6.61. The molecule has 4 heteroatoms. The second-order valence-corrected chi connectivity index (χ2v) is 4.93. The Kier molecular flexibility index (Phi) is 7.09. The molecule has 1 aromatic carbocycles. The van der Waals surface area contributed by atoms with E-state index in [0.717, 1.165) is 13.0 Å². The average Bonchev–Trinajstić information content (AvgIpc) is 2.33. The lowest BCUT2D eigenvalue weighted by Crippen LogP contribution is -2.09. The van der Waals surface area contributed by atoms with Crippen molar-refractivity contribution in [3.63, 3.8) is 0 Å². The van der Waals surface area contributed by atoms with Gasteiger partial charge in [0.15, 0.2) is 0 Å². The average molecular weight is 273 g/mol. The van der Waals surface area contributed by atoms with Gasteiger partial charge in [-0.2, -0.15) is 0 Å².